The number of nitrogens with one attached hydrogen (secondary N) is 1. The summed E-state index contributed by atoms with van der Waals surface area (Å²) in [6, 6.07) is 12.6. The van der Waals surface area contributed by atoms with Crippen molar-refractivity contribution in [3.05, 3.63) is 82.1 Å². The van der Waals surface area contributed by atoms with E-state index in [9.17, 15) is 15.0 Å². The molecule has 38 heavy (non-hydrogen) atoms. The van der Waals surface area contributed by atoms with Gasteiger partial charge in [-0.05, 0) is 92.5 Å². The number of aromatic carboxylic acids is 1. The third-order valence-electron chi connectivity index (χ3n) is 7.21. The van der Waals surface area contributed by atoms with E-state index in [2.05, 4.69) is 15.3 Å². The SMILES string of the molecule is Cc1cc(Nc2cc(OC3CCC3)ccn2)nc(-c2cnc([C@@]3(O)CCCc4cc(C(=O)O)ccc43)s2)c1. The summed E-state index contributed by atoms with van der Waals surface area (Å²) in [4.78, 5) is 26.1. The molecular formula is C29H28N4O4S. The minimum absolute atomic E-state index is 0.228. The maximum Gasteiger partial charge on any atom is 0.335 e. The van der Waals surface area contributed by atoms with Crippen molar-refractivity contribution in [2.24, 2.45) is 0 Å². The maximum absolute atomic E-state index is 11.7. The summed E-state index contributed by atoms with van der Waals surface area (Å²) < 4.78 is 6.00. The molecule has 0 aliphatic heterocycles. The Balaban J connectivity index is 1.26. The Morgan fingerprint density at radius 2 is 1.97 bits per heavy atom. The number of fused-ring (bicyclic) bond motifs is 1. The van der Waals surface area contributed by atoms with Gasteiger partial charge in [0.15, 0.2) is 0 Å². The van der Waals surface area contributed by atoms with Crippen LogP contribution in [-0.4, -0.2) is 37.2 Å². The number of carboxylic acid groups (broad SMARTS) is 1. The van der Waals surface area contributed by atoms with Gasteiger partial charge in [-0.3, -0.25) is 0 Å². The van der Waals surface area contributed by atoms with Gasteiger partial charge in [-0.15, -0.1) is 11.3 Å². The van der Waals surface area contributed by atoms with Gasteiger partial charge >= 0.3 is 5.97 Å². The Morgan fingerprint density at radius 3 is 2.76 bits per heavy atom. The number of aryl methyl sites for hydroxylation is 2. The fourth-order valence-corrected chi connectivity index (χ4v) is 6.04. The van der Waals surface area contributed by atoms with E-state index in [0.29, 0.717) is 29.2 Å². The fourth-order valence-electron chi connectivity index (χ4n) is 5.03. The summed E-state index contributed by atoms with van der Waals surface area (Å²) in [6.45, 7) is 2.01. The summed E-state index contributed by atoms with van der Waals surface area (Å²) >= 11 is 1.40. The molecule has 1 aromatic carbocycles. The van der Waals surface area contributed by atoms with Crippen LogP contribution in [0.3, 0.4) is 0 Å². The molecule has 2 aliphatic carbocycles. The number of hydrogen-bond donors (Lipinski definition) is 3. The van der Waals surface area contributed by atoms with Gasteiger partial charge in [0, 0.05) is 18.5 Å². The second-order valence-electron chi connectivity index (χ2n) is 10.0. The van der Waals surface area contributed by atoms with Gasteiger partial charge in [0.05, 0.1) is 22.2 Å². The van der Waals surface area contributed by atoms with Crippen molar-refractivity contribution >= 4 is 28.9 Å². The van der Waals surface area contributed by atoms with Gasteiger partial charge in [0.2, 0.25) is 0 Å². The van der Waals surface area contributed by atoms with E-state index in [0.717, 1.165) is 58.7 Å². The summed E-state index contributed by atoms with van der Waals surface area (Å²) in [5.74, 6) is 1.14. The van der Waals surface area contributed by atoms with E-state index in [1.165, 1.54) is 17.8 Å². The number of nitrogens with zero attached hydrogens (tertiary/aromatic N) is 3. The number of anilines is 2. The van der Waals surface area contributed by atoms with E-state index in [-0.39, 0.29) is 5.56 Å². The smallest absolute Gasteiger partial charge is 0.335 e. The average Bonchev–Trinajstić information content (AvgIpc) is 3.38. The number of aromatic nitrogens is 3. The molecule has 0 radical (unpaired) electrons. The molecule has 3 aromatic heterocycles. The fraction of sp³-hybridized carbons (Fsp3) is 0.310. The quantitative estimate of drug-likeness (QED) is 0.273. The predicted molar refractivity (Wildman–Crippen MR) is 145 cm³/mol. The Labute approximate surface area is 224 Å². The van der Waals surface area contributed by atoms with Crippen LogP contribution < -0.4 is 10.1 Å². The lowest BCUT2D eigenvalue weighted by molar-refractivity contribution is 0.0607. The predicted octanol–water partition coefficient (Wildman–Crippen LogP) is 5.85. The molecule has 9 heteroatoms. The van der Waals surface area contributed by atoms with Crippen LogP contribution in [0.2, 0.25) is 0 Å². The van der Waals surface area contributed by atoms with Crippen molar-refractivity contribution in [2.45, 2.75) is 57.2 Å². The number of carboxylic acids is 1. The topological polar surface area (TPSA) is 117 Å². The molecule has 6 rings (SSSR count). The van der Waals surface area contributed by atoms with E-state index >= 15 is 0 Å². The van der Waals surface area contributed by atoms with Gasteiger partial charge in [-0.2, -0.15) is 0 Å². The van der Waals surface area contributed by atoms with E-state index in [1.54, 1.807) is 30.6 Å². The largest absolute Gasteiger partial charge is 0.490 e. The number of hydrogen-bond acceptors (Lipinski definition) is 8. The Kier molecular flexibility index (Phi) is 6.33. The van der Waals surface area contributed by atoms with Crippen molar-refractivity contribution in [3.8, 4) is 16.3 Å². The highest BCUT2D eigenvalue weighted by molar-refractivity contribution is 7.15. The first-order valence-electron chi connectivity index (χ1n) is 12.8. The summed E-state index contributed by atoms with van der Waals surface area (Å²) in [5, 5.41) is 25.0. The van der Waals surface area contributed by atoms with Crippen LogP contribution in [0.4, 0.5) is 11.6 Å². The highest BCUT2D eigenvalue weighted by atomic mass is 32.1. The minimum atomic E-state index is -1.26. The Morgan fingerprint density at radius 1 is 1.11 bits per heavy atom. The molecule has 1 saturated carbocycles. The lowest BCUT2D eigenvalue weighted by Crippen LogP contribution is -2.32. The van der Waals surface area contributed by atoms with Crippen molar-refractivity contribution in [1.82, 2.24) is 15.0 Å². The zero-order chi connectivity index (χ0) is 26.3. The third-order valence-corrected chi connectivity index (χ3v) is 8.38. The molecule has 0 saturated heterocycles. The summed E-state index contributed by atoms with van der Waals surface area (Å²) in [5.41, 5.74) is 2.32. The number of pyridine rings is 2. The summed E-state index contributed by atoms with van der Waals surface area (Å²) in [6.07, 6.45) is 9.16. The molecule has 0 bridgehead atoms. The van der Waals surface area contributed by atoms with E-state index in [1.807, 2.05) is 31.2 Å². The van der Waals surface area contributed by atoms with Crippen LogP contribution in [0.5, 0.6) is 5.75 Å². The maximum atomic E-state index is 11.7. The highest BCUT2D eigenvalue weighted by Gasteiger charge is 2.39. The zero-order valence-corrected chi connectivity index (χ0v) is 21.8. The third kappa shape index (κ3) is 4.75. The minimum Gasteiger partial charge on any atom is -0.490 e. The zero-order valence-electron chi connectivity index (χ0n) is 21.0. The van der Waals surface area contributed by atoms with Crippen LogP contribution in [-0.2, 0) is 12.0 Å². The lowest BCUT2D eigenvalue weighted by Gasteiger charge is -2.33. The normalized spacial score (nSPS) is 18.9. The molecule has 1 atom stereocenters. The molecule has 8 nitrogen and oxygen atoms in total. The number of benzene rings is 1. The lowest BCUT2D eigenvalue weighted by atomic mass is 9.79. The average molecular weight is 529 g/mol. The number of aliphatic hydroxyl groups is 1. The molecule has 3 N–H and O–H groups in total. The van der Waals surface area contributed by atoms with Crippen molar-refractivity contribution < 1.29 is 19.7 Å². The first-order valence-corrected chi connectivity index (χ1v) is 13.6. The molecule has 4 aromatic rings. The van der Waals surface area contributed by atoms with Crippen LogP contribution >= 0.6 is 11.3 Å². The Hall–Kier alpha value is -3.82. The molecule has 0 unspecified atom stereocenters. The van der Waals surface area contributed by atoms with Crippen molar-refractivity contribution in [2.75, 3.05) is 5.32 Å². The molecule has 194 valence electrons. The summed E-state index contributed by atoms with van der Waals surface area (Å²) in [7, 11) is 0. The molecule has 0 amide bonds. The second kappa shape index (κ2) is 9.81. The molecule has 0 spiro atoms. The van der Waals surface area contributed by atoms with E-state index < -0.39 is 11.6 Å². The number of carbonyl (C=O) groups is 1. The standard InChI is InChI=1S/C29H28N4O4S/c1-17-12-23(32-26(13-17)33-25-15-21(9-11-30-25)37-20-5-2-6-20)24-16-31-28(38-24)29(36)10-3-4-18-14-19(27(34)35)7-8-22(18)29/h7-9,11-16,20,36H,2-6,10H2,1H3,(H,34,35)(H,30,32,33)/t29-/m1/s1. The van der Waals surface area contributed by atoms with Crippen LogP contribution in [0.15, 0.2) is 54.9 Å². The van der Waals surface area contributed by atoms with Crippen molar-refractivity contribution in [1.29, 1.82) is 0 Å². The molecule has 1 fully saturated rings. The van der Waals surface area contributed by atoms with Crippen molar-refractivity contribution in [3.63, 3.8) is 0 Å². The van der Waals surface area contributed by atoms with Gasteiger partial charge in [0.1, 0.15) is 28.0 Å². The van der Waals surface area contributed by atoms with Crippen LogP contribution in [0.25, 0.3) is 10.6 Å². The van der Waals surface area contributed by atoms with E-state index in [4.69, 9.17) is 9.72 Å². The first kappa shape index (κ1) is 24.5. The Bertz CT molecular complexity index is 1520. The molecule has 2 aliphatic rings. The van der Waals surface area contributed by atoms with Crippen LogP contribution in [0, 0.1) is 6.92 Å². The highest BCUT2D eigenvalue weighted by Crippen LogP contribution is 2.43. The number of rotatable bonds is 7. The second-order valence-corrected chi connectivity index (χ2v) is 11.0. The van der Waals surface area contributed by atoms with Gasteiger partial charge in [0.25, 0.3) is 0 Å². The first-order chi connectivity index (χ1) is 18.4. The van der Waals surface area contributed by atoms with Gasteiger partial charge < -0.3 is 20.3 Å². The monoisotopic (exact) mass is 528 g/mol. The number of ether oxygens (including phenoxy) is 1. The number of thiazole rings is 1. The molecular weight excluding hydrogens is 500 g/mol. The van der Waals surface area contributed by atoms with Crippen LogP contribution in [0.1, 0.15) is 64.2 Å². The van der Waals surface area contributed by atoms with Gasteiger partial charge in [-0.25, -0.2) is 19.7 Å². The van der Waals surface area contributed by atoms with Gasteiger partial charge in [-0.1, -0.05) is 6.07 Å². The molecule has 3 heterocycles.